The fourth-order valence-corrected chi connectivity index (χ4v) is 4.84. The third-order valence-electron chi connectivity index (χ3n) is 4.27. The van der Waals surface area contributed by atoms with Crippen molar-refractivity contribution >= 4 is 35.1 Å². The predicted molar refractivity (Wildman–Crippen MR) is 98.2 cm³/mol. The highest BCUT2D eigenvalue weighted by molar-refractivity contribution is 7.96. The van der Waals surface area contributed by atoms with Gasteiger partial charge in [-0.2, -0.15) is 0 Å². The number of hydrogen-bond acceptors (Lipinski definition) is 8. The Morgan fingerprint density at radius 1 is 1.54 bits per heavy atom. The number of esters is 1. The molecule has 2 aliphatic heterocycles. The fourth-order valence-electron chi connectivity index (χ4n) is 3.32. The van der Waals surface area contributed by atoms with Crippen LogP contribution < -0.4 is 0 Å². The maximum absolute atomic E-state index is 12.2. The maximum Gasteiger partial charge on any atom is 0.337 e. The molecule has 24 heavy (non-hydrogen) atoms. The zero-order valence-corrected chi connectivity index (χ0v) is 16.0. The third kappa shape index (κ3) is 3.10. The van der Waals surface area contributed by atoms with Gasteiger partial charge in [0.2, 0.25) is 0 Å². The Bertz CT molecular complexity index is 670. The molecule has 1 aromatic rings. The second kappa shape index (κ2) is 7.25. The first-order valence-corrected chi connectivity index (χ1v) is 9.97. The lowest BCUT2D eigenvalue weighted by Crippen LogP contribution is -2.39. The van der Waals surface area contributed by atoms with Crippen LogP contribution in [-0.2, 0) is 9.53 Å². The number of rotatable bonds is 5. The molecule has 0 aliphatic carbocycles. The molecule has 0 saturated carbocycles. The molecule has 1 fully saturated rings. The number of amidine groups is 1. The SMILES string of the molecule is COC(=O)C1=C2CC(N(SC)C(C)C)CN2C(c2nccs2)=NC1. The monoisotopic (exact) mass is 366 g/mol. The molecular weight excluding hydrogens is 344 g/mol. The Morgan fingerprint density at radius 3 is 2.92 bits per heavy atom. The summed E-state index contributed by atoms with van der Waals surface area (Å²) in [5.74, 6) is 0.595. The highest BCUT2D eigenvalue weighted by Gasteiger charge is 2.40. The normalized spacial score (nSPS) is 20.7. The van der Waals surface area contributed by atoms with E-state index in [0.29, 0.717) is 24.2 Å². The van der Waals surface area contributed by atoms with Crippen molar-refractivity contribution < 1.29 is 9.53 Å². The summed E-state index contributed by atoms with van der Waals surface area (Å²) < 4.78 is 7.36. The fraction of sp³-hybridized carbons (Fsp3) is 0.562. The van der Waals surface area contributed by atoms with Gasteiger partial charge < -0.3 is 9.64 Å². The predicted octanol–water partition coefficient (Wildman–Crippen LogP) is 2.39. The molecule has 1 atom stereocenters. The minimum atomic E-state index is -0.280. The second-order valence-corrected chi connectivity index (χ2v) is 7.68. The van der Waals surface area contributed by atoms with Crippen LogP contribution in [0.2, 0.25) is 0 Å². The van der Waals surface area contributed by atoms with Gasteiger partial charge in [-0.3, -0.25) is 4.99 Å². The van der Waals surface area contributed by atoms with Crippen molar-refractivity contribution in [3.05, 3.63) is 27.9 Å². The van der Waals surface area contributed by atoms with E-state index in [1.165, 1.54) is 7.11 Å². The van der Waals surface area contributed by atoms with Crippen LogP contribution in [0.1, 0.15) is 25.3 Å². The Hall–Kier alpha value is -1.38. The van der Waals surface area contributed by atoms with E-state index in [9.17, 15) is 4.79 Å². The van der Waals surface area contributed by atoms with Gasteiger partial charge in [0.1, 0.15) is 0 Å². The van der Waals surface area contributed by atoms with E-state index in [0.717, 1.165) is 29.5 Å². The summed E-state index contributed by atoms with van der Waals surface area (Å²) >= 11 is 3.32. The molecule has 1 aromatic heterocycles. The number of fused-ring (bicyclic) bond motifs is 1. The van der Waals surface area contributed by atoms with Crippen LogP contribution >= 0.6 is 23.3 Å². The van der Waals surface area contributed by atoms with Gasteiger partial charge in [0.05, 0.1) is 19.2 Å². The van der Waals surface area contributed by atoms with E-state index in [2.05, 4.69) is 39.3 Å². The molecule has 0 aromatic carbocycles. The molecule has 2 aliphatic rings. The molecular formula is C16H22N4O2S2. The molecule has 1 saturated heterocycles. The minimum Gasteiger partial charge on any atom is -0.466 e. The molecule has 0 spiro atoms. The number of thiazole rings is 1. The molecule has 0 amide bonds. The first-order valence-electron chi connectivity index (χ1n) is 7.91. The van der Waals surface area contributed by atoms with Crippen LogP contribution in [0.5, 0.6) is 0 Å². The summed E-state index contributed by atoms with van der Waals surface area (Å²) in [5, 5.41) is 2.85. The quantitative estimate of drug-likeness (QED) is 0.589. The first-order chi connectivity index (χ1) is 11.6. The topological polar surface area (TPSA) is 58.0 Å². The van der Waals surface area contributed by atoms with Gasteiger partial charge in [-0.25, -0.2) is 14.1 Å². The van der Waals surface area contributed by atoms with E-state index in [1.54, 1.807) is 29.5 Å². The summed E-state index contributed by atoms with van der Waals surface area (Å²) in [5.41, 5.74) is 1.71. The standard InChI is InChI=1S/C16H22N4O2S2/c1-10(2)20(23-4)11-7-13-12(16(21)22-3)8-18-14(19(13)9-11)15-17-5-6-24-15/h5-6,10-11H,7-9H2,1-4H3. The highest BCUT2D eigenvalue weighted by atomic mass is 32.2. The second-order valence-electron chi connectivity index (χ2n) is 6.00. The zero-order chi connectivity index (χ0) is 17.3. The van der Waals surface area contributed by atoms with Gasteiger partial charge in [0, 0.05) is 42.3 Å². The van der Waals surface area contributed by atoms with Crippen molar-refractivity contribution in [2.75, 3.05) is 26.5 Å². The molecule has 1 unspecified atom stereocenters. The van der Waals surface area contributed by atoms with Crippen LogP contribution in [-0.4, -0.2) is 64.5 Å². The van der Waals surface area contributed by atoms with Crippen LogP contribution in [0.3, 0.4) is 0 Å². The van der Waals surface area contributed by atoms with Gasteiger partial charge in [-0.05, 0) is 20.1 Å². The molecule has 3 rings (SSSR count). The van der Waals surface area contributed by atoms with Crippen molar-refractivity contribution in [3.63, 3.8) is 0 Å². The number of hydrogen-bond donors (Lipinski definition) is 0. The molecule has 130 valence electrons. The van der Waals surface area contributed by atoms with E-state index in [-0.39, 0.29) is 5.97 Å². The molecule has 6 nitrogen and oxygen atoms in total. The van der Waals surface area contributed by atoms with Crippen LogP contribution in [0.15, 0.2) is 27.8 Å². The van der Waals surface area contributed by atoms with Gasteiger partial charge >= 0.3 is 5.97 Å². The average molecular weight is 367 g/mol. The number of aromatic nitrogens is 1. The van der Waals surface area contributed by atoms with Crippen molar-refractivity contribution in [1.82, 2.24) is 14.2 Å². The number of nitrogens with zero attached hydrogens (tertiary/aromatic N) is 4. The van der Waals surface area contributed by atoms with Crippen molar-refractivity contribution in [2.24, 2.45) is 4.99 Å². The largest absolute Gasteiger partial charge is 0.466 e. The summed E-state index contributed by atoms with van der Waals surface area (Å²) in [6.07, 6.45) is 4.72. The first kappa shape index (κ1) is 17.4. The van der Waals surface area contributed by atoms with Crippen molar-refractivity contribution in [1.29, 1.82) is 0 Å². The van der Waals surface area contributed by atoms with E-state index < -0.39 is 0 Å². The van der Waals surface area contributed by atoms with Crippen LogP contribution in [0.25, 0.3) is 0 Å². The zero-order valence-electron chi connectivity index (χ0n) is 14.4. The Morgan fingerprint density at radius 2 is 2.33 bits per heavy atom. The van der Waals surface area contributed by atoms with E-state index in [4.69, 9.17) is 4.74 Å². The smallest absolute Gasteiger partial charge is 0.337 e. The van der Waals surface area contributed by atoms with E-state index in [1.807, 2.05) is 5.38 Å². The molecule has 3 heterocycles. The summed E-state index contributed by atoms with van der Waals surface area (Å²) in [6, 6.07) is 0.756. The summed E-state index contributed by atoms with van der Waals surface area (Å²) in [4.78, 5) is 23.4. The lowest BCUT2D eigenvalue weighted by molar-refractivity contribution is -0.136. The van der Waals surface area contributed by atoms with Crippen LogP contribution in [0, 0.1) is 0 Å². The molecule has 0 N–H and O–H groups in total. The highest BCUT2D eigenvalue weighted by Crippen LogP contribution is 2.35. The van der Waals surface area contributed by atoms with Gasteiger partial charge in [-0.1, -0.05) is 11.9 Å². The van der Waals surface area contributed by atoms with Gasteiger partial charge in [0.15, 0.2) is 10.8 Å². The van der Waals surface area contributed by atoms with Crippen LogP contribution in [0.4, 0.5) is 0 Å². The molecule has 8 heteroatoms. The van der Waals surface area contributed by atoms with Crippen molar-refractivity contribution in [3.8, 4) is 0 Å². The lowest BCUT2D eigenvalue weighted by atomic mass is 10.1. The number of carbonyl (C=O) groups excluding carboxylic acids is 1. The minimum absolute atomic E-state index is 0.280. The number of methoxy groups -OCH3 is 1. The summed E-state index contributed by atoms with van der Waals surface area (Å²) in [6.45, 7) is 5.56. The maximum atomic E-state index is 12.2. The Kier molecular flexibility index (Phi) is 5.27. The number of carbonyl (C=O) groups is 1. The Balaban J connectivity index is 1.96. The average Bonchev–Trinajstić information content (AvgIpc) is 3.23. The number of ether oxygens (including phenoxy) is 1. The number of aliphatic imine (C=N–C) groups is 1. The van der Waals surface area contributed by atoms with Crippen molar-refractivity contribution in [2.45, 2.75) is 32.4 Å². The van der Waals surface area contributed by atoms with Gasteiger partial charge in [-0.15, -0.1) is 11.3 Å². The molecule has 0 radical (unpaired) electrons. The summed E-state index contributed by atoms with van der Waals surface area (Å²) in [7, 11) is 1.43. The lowest BCUT2D eigenvalue weighted by Gasteiger charge is -2.30. The van der Waals surface area contributed by atoms with Gasteiger partial charge in [0.25, 0.3) is 0 Å². The third-order valence-corrected chi connectivity index (χ3v) is 6.18. The molecule has 0 bridgehead atoms. The Labute approximate surface area is 150 Å². The van der Waals surface area contributed by atoms with E-state index >= 15 is 0 Å².